The van der Waals surface area contributed by atoms with E-state index < -0.39 is 5.25 Å². The van der Waals surface area contributed by atoms with Gasteiger partial charge in [-0.15, -0.1) is 10.2 Å². The second-order valence-electron chi connectivity index (χ2n) is 6.85. The predicted octanol–water partition coefficient (Wildman–Crippen LogP) is 5.01. The molecule has 0 aliphatic rings. The van der Waals surface area contributed by atoms with E-state index >= 15 is 0 Å². The first-order valence-corrected chi connectivity index (χ1v) is 11.0. The Balaban J connectivity index is 1.62. The van der Waals surface area contributed by atoms with E-state index in [9.17, 15) is 4.79 Å². The molecule has 2 aromatic heterocycles. The number of benzene rings is 2. The summed E-state index contributed by atoms with van der Waals surface area (Å²) in [6.07, 6.45) is 3.43. The van der Waals surface area contributed by atoms with Gasteiger partial charge in [0.1, 0.15) is 11.0 Å². The van der Waals surface area contributed by atoms with Crippen molar-refractivity contribution >= 4 is 35.0 Å². The molecule has 0 bridgehead atoms. The average molecular weight is 466 g/mol. The molecule has 0 saturated carbocycles. The van der Waals surface area contributed by atoms with Crippen LogP contribution in [0.4, 0.5) is 5.69 Å². The van der Waals surface area contributed by atoms with Gasteiger partial charge in [0, 0.05) is 30.7 Å². The number of ether oxygens (including phenoxy) is 1. The molecule has 0 fully saturated rings. The van der Waals surface area contributed by atoms with Crippen LogP contribution in [-0.4, -0.2) is 32.8 Å². The second kappa shape index (κ2) is 9.84. The molecule has 162 valence electrons. The topological polar surface area (TPSA) is 81.9 Å². The highest BCUT2D eigenvalue weighted by Gasteiger charge is 2.25. The van der Waals surface area contributed by atoms with Gasteiger partial charge in [0.15, 0.2) is 11.0 Å². The van der Waals surface area contributed by atoms with Crippen LogP contribution in [-0.2, 0) is 11.8 Å². The Morgan fingerprint density at radius 2 is 1.94 bits per heavy atom. The van der Waals surface area contributed by atoms with Crippen molar-refractivity contribution in [3.05, 3.63) is 83.6 Å². The van der Waals surface area contributed by atoms with Crippen LogP contribution >= 0.6 is 23.4 Å². The molecule has 1 amide bonds. The third-order valence-electron chi connectivity index (χ3n) is 4.74. The van der Waals surface area contributed by atoms with Crippen molar-refractivity contribution in [2.45, 2.75) is 10.4 Å². The van der Waals surface area contributed by atoms with E-state index in [1.165, 1.54) is 11.8 Å². The van der Waals surface area contributed by atoms with Gasteiger partial charge in [-0.3, -0.25) is 9.78 Å². The second-order valence-corrected chi connectivity index (χ2v) is 8.33. The zero-order chi connectivity index (χ0) is 22.5. The predicted molar refractivity (Wildman–Crippen MR) is 126 cm³/mol. The zero-order valence-electron chi connectivity index (χ0n) is 17.4. The van der Waals surface area contributed by atoms with Crippen molar-refractivity contribution in [1.29, 1.82) is 0 Å². The van der Waals surface area contributed by atoms with Gasteiger partial charge >= 0.3 is 0 Å². The lowest BCUT2D eigenvalue weighted by molar-refractivity contribution is -0.115. The molecule has 2 aromatic carbocycles. The highest BCUT2D eigenvalue weighted by molar-refractivity contribution is 8.00. The highest BCUT2D eigenvalue weighted by Crippen LogP contribution is 2.37. The van der Waals surface area contributed by atoms with E-state index in [2.05, 4.69) is 20.5 Å². The third-order valence-corrected chi connectivity index (χ3v) is 6.32. The summed E-state index contributed by atoms with van der Waals surface area (Å²) in [4.78, 5) is 17.4. The monoisotopic (exact) mass is 465 g/mol. The summed E-state index contributed by atoms with van der Waals surface area (Å²) in [5.74, 6) is 1.02. The Bertz CT molecular complexity index is 1220. The van der Waals surface area contributed by atoms with Crippen molar-refractivity contribution in [2.75, 3.05) is 12.4 Å². The van der Waals surface area contributed by atoms with Gasteiger partial charge in [0.2, 0.25) is 5.91 Å². The number of hydrogen-bond donors (Lipinski definition) is 1. The molecule has 1 N–H and O–H groups in total. The fourth-order valence-electron chi connectivity index (χ4n) is 3.12. The molecule has 0 saturated heterocycles. The maximum Gasteiger partial charge on any atom is 0.242 e. The van der Waals surface area contributed by atoms with Crippen molar-refractivity contribution in [3.63, 3.8) is 0 Å². The normalized spacial score (nSPS) is 11.7. The summed E-state index contributed by atoms with van der Waals surface area (Å²) in [5, 5.41) is 12.0. The summed E-state index contributed by atoms with van der Waals surface area (Å²) in [6.45, 7) is 0. The first-order chi connectivity index (χ1) is 15.6. The molecular weight excluding hydrogens is 446 g/mol. The molecule has 1 atom stereocenters. The van der Waals surface area contributed by atoms with E-state index in [-0.39, 0.29) is 5.91 Å². The molecule has 7 nitrogen and oxygen atoms in total. The number of hydrogen-bond acceptors (Lipinski definition) is 6. The number of thioether (sulfide) groups is 1. The number of carbonyl (C=O) groups excluding carboxylic acids is 1. The quantitative estimate of drug-likeness (QED) is 0.386. The van der Waals surface area contributed by atoms with Crippen LogP contribution in [0.5, 0.6) is 5.75 Å². The third kappa shape index (κ3) is 4.76. The molecule has 0 aliphatic carbocycles. The zero-order valence-corrected chi connectivity index (χ0v) is 19.0. The fourth-order valence-corrected chi connectivity index (χ4v) is 4.38. The molecule has 32 heavy (non-hydrogen) atoms. The van der Waals surface area contributed by atoms with Crippen LogP contribution in [0.3, 0.4) is 0 Å². The number of aromatic nitrogens is 4. The highest BCUT2D eigenvalue weighted by atomic mass is 35.5. The number of nitrogens with zero attached hydrogens (tertiary/aromatic N) is 4. The van der Waals surface area contributed by atoms with Crippen molar-refractivity contribution in [2.24, 2.45) is 7.05 Å². The van der Waals surface area contributed by atoms with E-state index in [4.69, 9.17) is 16.3 Å². The maximum absolute atomic E-state index is 13.3. The Kier molecular flexibility index (Phi) is 6.72. The SMILES string of the molecule is COc1ccc(NC(=O)C(Sc2nnc(-c3cccnc3)n2C)c2ccccc2)cc1Cl. The van der Waals surface area contributed by atoms with Gasteiger partial charge in [-0.25, -0.2) is 0 Å². The lowest BCUT2D eigenvalue weighted by Gasteiger charge is -2.17. The van der Waals surface area contributed by atoms with E-state index in [1.54, 1.807) is 37.7 Å². The first-order valence-electron chi connectivity index (χ1n) is 9.72. The number of pyridine rings is 1. The molecule has 0 spiro atoms. The summed E-state index contributed by atoms with van der Waals surface area (Å²) in [6, 6.07) is 18.4. The van der Waals surface area contributed by atoms with Gasteiger partial charge in [-0.2, -0.15) is 0 Å². The molecule has 0 radical (unpaired) electrons. The molecular formula is C23H20ClN5O2S. The number of anilines is 1. The van der Waals surface area contributed by atoms with Crippen molar-refractivity contribution in [1.82, 2.24) is 19.7 Å². The van der Waals surface area contributed by atoms with Crippen LogP contribution in [0.1, 0.15) is 10.8 Å². The number of amides is 1. The first kappa shape index (κ1) is 21.9. The lowest BCUT2D eigenvalue weighted by Crippen LogP contribution is -2.19. The fraction of sp³-hybridized carbons (Fsp3) is 0.130. The van der Waals surface area contributed by atoms with Gasteiger partial charge in [0.25, 0.3) is 0 Å². The summed E-state index contributed by atoms with van der Waals surface area (Å²) in [7, 11) is 3.41. The minimum Gasteiger partial charge on any atom is -0.495 e. The average Bonchev–Trinajstić information content (AvgIpc) is 3.18. The Morgan fingerprint density at radius 3 is 2.62 bits per heavy atom. The Hall–Kier alpha value is -3.36. The van der Waals surface area contributed by atoms with Crippen LogP contribution < -0.4 is 10.1 Å². The summed E-state index contributed by atoms with van der Waals surface area (Å²) >= 11 is 7.54. The lowest BCUT2D eigenvalue weighted by atomic mass is 10.1. The maximum atomic E-state index is 13.3. The smallest absolute Gasteiger partial charge is 0.242 e. The summed E-state index contributed by atoms with van der Waals surface area (Å²) < 4.78 is 7.04. The summed E-state index contributed by atoms with van der Waals surface area (Å²) in [5.41, 5.74) is 2.28. The standard InChI is InChI=1S/C23H20ClN5O2S/c1-29-21(16-9-6-12-25-14-16)27-28-23(29)32-20(15-7-4-3-5-8-15)22(30)26-17-10-11-19(31-2)18(24)13-17/h3-14,20H,1-2H3,(H,26,30). The Morgan fingerprint density at radius 1 is 1.12 bits per heavy atom. The van der Waals surface area contributed by atoms with Crippen LogP contribution in [0.15, 0.2) is 78.2 Å². The number of halogens is 1. The van der Waals surface area contributed by atoms with Crippen LogP contribution in [0, 0.1) is 0 Å². The van der Waals surface area contributed by atoms with Gasteiger partial charge in [-0.05, 0) is 35.9 Å². The van der Waals surface area contributed by atoms with Crippen molar-refractivity contribution in [3.8, 4) is 17.1 Å². The van der Waals surface area contributed by atoms with E-state index in [0.29, 0.717) is 27.4 Å². The number of methoxy groups -OCH3 is 1. The van der Waals surface area contributed by atoms with E-state index in [0.717, 1.165) is 11.1 Å². The number of rotatable bonds is 7. The molecule has 4 aromatic rings. The van der Waals surface area contributed by atoms with Crippen LogP contribution in [0.25, 0.3) is 11.4 Å². The minimum atomic E-state index is -0.554. The molecule has 1 unspecified atom stereocenters. The molecule has 2 heterocycles. The molecule has 4 rings (SSSR count). The van der Waals surface area contributed by atoms with Gasteiger partial charge in [-0.1, -0.05) is 53.7 Å². The molecule has 0 aliphatic heterocycles. The number of carbonyl (C=O) groups is 1. The van der Waals surface area contributed by atoms with Crippen LogP contribution in [0.2, 0.25) is 5.02 Å². The molecule has 9 heteroatoms. The Labute approximate surface area is 194 Å². The van der Waals surface area contributed by atoms with Crippen molar-refractivity contribution < 1.29 is 9.53 Å². The van der Waals surface area contributed by atoms with Gasteiger partial charge in [0.05, 0.1) is 12.1 Å². The largest absolute Gasteiger partial charge is 0.495 e. The van der Waals surface area contributed by atoms with E-state index in [1.807, 2.05) is 54.1 Å². The van der Waals surface area contributed by atoms with Gasteiger partial charge < -0.3 is 14.6 Å². The minimum absolute atomic E-state index is 0.201. The number of nitrogens with one attached hydrogen (secondary N) is 1.